The molecule has 0 fully saturated rings. The maximum absolute atomic E-state index is 13.5. The van der Waals surface area contributed by atoms with E-state index in [4.69, 9.17) is 13.9 Å². The second-order valence-corrected chi connectivity index (χ2v) is 19.3. The number of methoxy groups -OCH3 is 1. The zero-order valence-corrected chi connectivity index (χ0v) is 29.5. The number of benzene rings is 2. The summed E-state index contributed by atoms with van der Waals surface area (Å²) in [6, 6.07) is 10.5. The molecule has 1 amide bonds. The number of nitrogens with zero attached hydrogens (tertiary/aromatic N) is 4. The average Bonchev–Trinajstić information content (AvgIpc) is 3.27. The number of carbonyl (C=O) groups excluding carboxylic acids is 1. The Morgan fingerprint density at radius 2 is 1.79 bits per heavy atom. The molecule has 1 aliphatic heterocycles. The molecule has 0 aliphatic carbocycles. The number of rotatable bonds is 7. The van der Waals surface area contributed by atoms with Gasteiger partial charge in [-0.25, -0.2) is 14.8 Å². The lowest BCUT2D eigenvalue weighted by atomic mass is 9.83. The van der Waals surface area contributed by atoms with E-state index in [1.54, 1.807) is 32.9 Å². The number of ether oxygens (including phenoxy) is 2. The highest BCUT2D eigenvalue weighted by atomic mass is 28.4. The molecule has 4 rings (SSSR count). The summed E-state index contributed by atoms with van der Waals surface area (Å²) in [5, 5.41) is 13.1. The predicted molar refractivity (Wildman–Crippen MR) is 178 cm³/mol. The van der Waals surface area contributed by atoms with Crippen molar-refractivity contribution in [2.75, 3.05) is 30.5 Å². The molecule has 1 aliphatic rings. The van der Waals surface area contributed by atoms with Gasteiger partial charge in [0.05, 0.1) is 35.3 Å². The molecule has 1 atom stereocenters. The summed E-state index contributed by atoms with van der Waals surface area (Å²) in [4.78, 5) is 23.8. The first-order valence-corrected chi connectivity index (χ1v) is 18.1. The standard InChI is InChI=1S/C34H42F3N5O4Si/c1-31(2,3)46-30(43)42-19-33(7,20-45-47(9,10)32(4,5)6)24-16-21(15-22(18-38)28(24)42)25-13-14-39-29(40-25)41-26-17-23(34(35,36)37)11-12-27(26)44-8/h11-17H,19-20H2,1-10H3,(H,39,40,41). The van der Waals surface area contributed by atoms with Crippen LogP contribution in [0.5, 0.6) is 5.75 Å². The molecular formula is C34H42F3N5O4Si. The SMILES string of the molecule is COc1ccc(C(F)(F)F)cc1Nc1nccc(-c2cc(C#N)c3c(c2)C(C)(CO[Si](C)(C)C(C)(C)C)CN3C(=O)OC(C)(C)C)n1. The normalized spacial score (nSPS) is 16.8. The quantitative estimate of drug-likeness (QED) is 0.249. The monoisotopic (exact) mass is 669 g/mol. The summed E-state index contributed by atoms with van der Waals surface area (Å²) < 4.78 is 58.0. The Bertz CT molecular complexity index is 1710. The Morgan fingerprint density at radius 3 is 2.36 bits per heavy atom. The Labute approximate surface area is 275 Å². The molecule has 9 nitrogen and oxygen atoms in total. The van der Waals surface area contributed by atoms with Crippen LogP contribution in [0, 0.1) is 11.3 Å². The van der Waals surface area contributed by atoms with Crippen molar-refractivity contribution in [2.24, 2.45) is 0 Å². The minimum atomic E-state index is -4.56. The van der Waals surface area contributed by atoms with Gasteiger partial charge in [0.15, 0.2) is 8.32 Å². The summed E-state index contributed by atoms with van der Waals surface area (Å²) >= 11 is 0. The van der Waals surface area contributed by atoms with Gasteiger partial charge in [0.1, 0.15) is 17.4 Å². The first-order valence-electron chi connectivity index (χ1n) is 15.2. The molecule has 1 unspecified atom stereocenters. The zero-order chi connectivity index (χ0) is 35.2. The fraction of sp³-hybridized carbons (Fsp3) is 0.471. The van der Waals surface area contributed by atoms with E-state index in [0.29, 0.717) is 23.6 Å². The van der Waals surface area contributed by atoms with Crippen LogP contribution < -0.4 is 15.0 Å². The van der Waals surface area contributed by atoms with Gasteiger partial charge in [0, 0.05) is 30.3 Å². The highest BCUT2D eigenvalue weighted by Gasteiger charge is 2.47. The van der Waals surface area contributed by atoms with Gasteiger partial charge in [0.2, 0.25) is 5.95 Å². The molecule has 2 aromatic carbocycles. The van der Waals surface area contributed by atoms with E-state index < -0.39 is 37.2 Å². The van der Waals surface area contributed by atoms with Crippen LogP contribution in [0.2, 0.25) is 18.1 Å². The Kier molecular flexibility index (Phi) is 9.47. The van der Waals surface area contributed by atoms with Crippen LogP contribution in [-0.4, -0.2) is 50.2 Å². The van der Waals surface area contributed by atoms with Crippen molar-refractivity contribution in [3.05, 3.63) is 59.3 Å². The van der Waals surface area contributed by atoms with Gasteiger partial charge in [-0.2, -0.15) is 18.4 Å². The van der Waals surface area contributed by atoms with Gasteiger partial charge in [-0.3, -0.25) is 4.90 Å². The molecule has 3 aromatic rings. The Balaban J connectivity index is 1.81. The van der Waals surface area contributed by atoms with Crippen molar-refractivity contribution in [3.63, 3.8) is 0 Å². The third kappa shape index (κ3) is 7.71. The summed E-state index contributed by atoms with van der Waals surface area (Å²) in [7, 11) is -0.853. The maximum atomic E-state index is 13.5. The zero-order valence-electron chi connectivity index (χ0n) is 28.5. The number of alkyl halides is 3. The summed E-state index contributed by atoms with van der Waals surface area (Å²) in [5.41, 5.74) is 0.111. The van der Waals surface area contributed by atoms with Gasteiger partial charge >= 0.3 is 12.3 Å². The fourth-order valence-corrected chi connectivity index (χ4v) is 6.08. The van der Waals surface area contributed by atoms with E-state index in [1.165, 1.54) is 24.3 Å². The number of halogens is 3. The van der Waals surface area contributed by atoms with Crippen molar-refractivity contribution in [1.82, 2.24) is 9.97 Å². The Hall–Kier alpha value is -4.15. The number of fused-ring (bicyclic) bond motifs is 1. The minimum absolute atomic E-state index is 0.0264. The van der Waals surface area contributed by atoms with Crippen LogP contribution in [-0.2, 0) is 20.8 Å². The summed E-state index contributed by atoms with van der Waals surface area (Å²) in [5.74, 6) is 0.203. The van der Waals surface area contributed by atoms with Crippen LogP contribution in [0.15, 0.2) is 42.6 Å². The van der Waals surface area contributed by atoms with Gasteiger partial charge in [-0.15, -0.1) is 0 Å². The van der Waals surface area contributed by atoms with Crippen LogP contribution in [0.1, 0.15) is 65.2 Å². The molecule has 13 heteroatoms. The number of aromatic nitrogens is 2. The number of hydrogen-bond donors (Lipinski definition) is 1. The van der Waals surface area contributed by atoms with Crippen LogP contribution in [0.25, 0.3) is 11.3 Å². The van der Waals surface area contributed by atoms with E-state index in [-0.39, 0.29) is 34.5 Å². The minimum Gasteiger partial charge on any atom is -0.495 e. The van der Waals surface area contributed by atoms with Crippen molar-refractivity contribution in [3.8, 4) is 23.1 Å². The topological polar surface area (TPSA) is 110 Å². The van der Waals surface area contributed by atoms with Gasteiger partial charge in [0.25, 0.3) is 0 Å². The fourth-order valence-electron chi connectivity index (χ4n) is 4.97. The second kappa shape index (κ2) is 12.5. The lowest BCUT2D eigenvalue weighted by molar-refractivity contribution is -0.137. The van der Waals surface area contributed by atoms with Gasteiger partial charge < -0.3 is 19.2 Å². The van der Waals surface area contributed by atoms with E-state index in [0.717, 1.165) is 17.7 Å². The molecule has 2 heterocycles. The number of nitrogens with one attached hydrogen (secondary N) is 1. The Morgan fingerprint density at radius 1 is 1.11 bits per heavy atom. The molecule has 0 saturated heterocycles. The highest BCUT2D eigenvalue weighted by Crippen LogP contribution is 2.47. The van der Waals surface area contributed by atoms with Crippen LogP contribution >= 0.6 is 0 Å². The van der Waals surface area contributed by atoms with Crippen molar-refractivity contribution >= 4 is 31.7 Å². The molecule has 0 bridgehead atoms. The van der Waals surface area contributed by atoms with E-state index in [1.807, 2.05) is 13.0 Å². The first-order chi connectivity index (χ1) is 21.6. The average molecular weight is 670 g/mol. The molecule has 1 N–H and O–H groups in total. The van der Waals surface area contributed by atoms with Crippen molar-refractivity contribution in [1.29, 1.82) is 5.26 Å². The highest BCUT2D eigenvalue weighted by molar-refractivity contribution is 6.74. The van der Waals surface area contributed by atoms with Gasteiger partial charge in [-0.1, -0.05) is 27.7 Å². The lowest BCUT2D eigenvalue weighted by Gasteiger charge is -2.39. The predicted octanol–water partition coefficient (Wildman–Crippen LogP) is 8.82. The van der Waals surface area contributed by atoms with Crippen LogP contribution in [0.3, 0.4) is 0 Å². The number of carbonyl (C=O) groups is 1. The first kappa shape index (κ1) is 35.7. The molecule has 0 saturated carbocycles. The molecule has 0 spiro atoms. The van der Waals surface area contributed by atoms with E-state index in [9.17, 15) is 23.2 Å². The molecule has 1 aromatic heterocycles. The molecule has 0 radical (unpaired) electrons. The smallest absolute Gasteiger partial charge is 0.416 e. The number of anilines is 3. The lowest BCUT2D eigenvalue weighted by Crippen LogP contribution is -2.46. The number of hydrogen-bond acceptors (Lipinski definition) is 8. The largest absolute Gasteiger partial charge is 0.495 e. The number of nitriles is 1. The van der Waals surface area contributed by atoms with Crippen molar-refractivity contribution < 1.29 is 31.9 Å². The van der Waals surface area contributed by atoms with Crippen LogP contribution in [0.4, 0.5) is 35.3 Å². The summed E-state index contributed by atoms with van der Waals surface area (Å²) in [6.07, 6.45) is -3.66. The van der Waals surface area contributed by atoms with Crippen molar-refractivity contribution in [2.45, 2.75) is 83.8 Å². The third-order valence-electron chi connectivity index (χ3n) is 8.55. The second-order valence-electron chi connectivity index (χ2n) is 14.5. The number of amides is 1. The van der Waals surface area contributed by atoms with E-state index >= 15 is 0 Å². The maximum Gasteiger partial charge on any atom is 0.416 e. The third-order valence-corrected chi connectivity index (χ3v) is 13.0. The molecule has 47 heavy (non-hydrogen) atoms. The van der Waals surface area contributed by atoms with E-state index in [2.05, 4.69) is 55.2 Å². The summed E-state index contributed by atoms with van der Waals surface area (Å²) in [6.45, 7) is 18.7. The van der Waals surface area contributed by atoms with Gasteiger partial charge in [-0.05, 0) is 80.9 Å². The molecular weight excluding hydrogens is 627 g/mol. The molecule has 252 valence electrons.